The van der Waals surface area contributed by atoms with Crippen LogP contribution in [0, 0.1) is 12.7 Å². The van der Waals surface area contributed by atoms with Crippen molar-refractivity contribution in [2.75, 3.05) is 30.2 Å². The maximum absolute atomic E-state index is 13.7. The molecule has 2 aromatic carbocycles. The second-order valence-corrected chi connectivity index (χ2v) is 6.02. The molecular weight excluding hydrogens is 377 g/mol. The minimum atomic E-state index is -0.525. The number of aromatic nitrogens is 2. The number of nitrogens with zero attached hydrogens (tertiary/aromatic N) is 2. The van der Waals surface area contributed by atoms with Crippen LogP contribution in [0.15, 0.2) is 48.8 Å². The van der Waals surface area contributed by atoms with Gasteiger partial charge in [0.2, 0.25) is 0 Å². The second kappa shape index (κ2) is 8.87. The average Bonchev–Trinajstić information content (AvgIpc) is 2.71. The molecule has 29 heavy (non-hydrogen) atoms. The van der Waals surface area contributed by atoms with Gasteiger partial charge < -0.3 is 20.1 Å². The molecule has 1 aromatic heterocycles. The van der Waals surface area contributed by atoms with Gasteiger partial charge in [0.25, 0.3) is 0 Å². The molecule has 3 aromatic rings. The minimum Gasteiger partial charge on any atom is -0.497 e. The van der Waals surface area contributed by atoms with Gasteiger partial charge in [-0.25, -0.2) is 19.2 Å². The molecule has 0 atom stereocenters. The first-order valence-corrected chi connectivity index (χ1v) is 8.63. The molecule has 8 nitrogen and oxygen atoms in total. The Labute approximate surface area is 167 Å². The SMILES string of the molecule is COc1ccc(OC)c(NC(=O)Nc2cc(Nc3ccc(C)c(F)c3)ncn2)c1. The lowest BCUT2D eigenvalue weighted by Gasteiger charge is -2.12. The number of hydrogen-bond donors (Lipinski definition) is 3. The van der Waals surface area contributed by atoms with Crippen LogP contribution in [-0.4, -0.2) is 30.2 Å². The number of carbonyl (C=O) groups excluding carboxylic acids is 1. The number of anilines is 4. The van der Waals surface area contributed by atoms with Crippen LogP contribution < -0.4 is 25.4 Å². The van der Waals surface area contributed by atoms with Crippen molar-refractivity contribution in [3.05, 3.63) is 60.2 Å². The van der Waals surface area contributed by atoms with Gasteiger partial charge in [-0.1, -0.05) is 6.07 Å². The number of rotatable bonds is 6. The Kier molecular flexibility index (Phi) is 6.08. The monoisotopic (exact) mass is 397 g/mol. The minimum absolute atomic E-state index is 0.259. The topological polar surface area (TPSA) is 97.4 Å². The van der Waals surface area contributed by atoms with Crippen molar-refractivity contribution < 1.29 is 18.7 Å². The Bertz CT molecular complexity index is 1030. The molecule has 2 amide bonds. The molecule has 0 bridgehead atoms. The Morgan fingerprint density at radius 2 is 1.76 bits per heavy atom. The average molecular weight is 397 g/mol. The highest BCUT2D eigenvalue weighted by Crippen LogP contribution is 2.29. The quantitative estimate of drug-likeness (QED) is 0.573. The van der Waals surface area contributed by atoms with Gasteiger partial charge in [-0.05, 0) is 36.8 Å². The van der Waals surface area contributed by atoms with E-state index in [2.05, 4.69) is 25.9 Å². The molecular formula is C20H20FN5O3. The summed E-state index contributed by atoms with van der Waals surface area (Å²) < 4.78 is 24.1. The first-order valence-electron chi connectivity index (χ1n) is 8.63. The molecule has 3 N–H and O–H groups in total. The first-order chi connectivity index (χ1) is 14.0. The van der Waals surface area contributed by atoms with Crippen molar-refractivity contribution in [1.29, 1.82) is 0 Å². The molecule has 0 aliphatic carbocycles. The lowest BCUT2D eigenvalue weighted by Crippen LogP contribution is -2.20. The summed E-state index contributed by atoms with van der Waals surface area (Å²) >= 11 is 0. The van der Waals surface area contributed by atoms with E-state index in [9.17, 15) is 9.18 Å². The van der Waals surface area contributed by atoms with Crippen molar-refractivity contribution in [3.63, 3.8) is 0 Å². The van der Waals surface area contributed by atoms with Crippen molar-refractivity contribution in [2.45, 2.75) is 6.92 Å². The molecule has 0 aliphatic heterocycles. The number of urea groups is 1. The first kappa shape index (κ1) is 19.9. The summed E-state index contributed by atoms with van der Waals surface area (Å²) in [5.74, 6) is 1.38. The zero-order chi connectivity index (χ0) is 20.8. The number of nitrogens with one attached hydrogen (secondary N) is 3. The zero-order valence-electron chi connectivity index (χ0n) is 16.1. The van der Waals surface area contributed by atoms with E-state index >= 15 is 0 Å². The molecule has 9 heteroatoms. The van der Waals surface area contributed by atoms with Gasteiger partial charge in [0, 0.05) is 17.8 Å². The molecule has 0 saturated heterocycles. The number of halogens is 1. The predicted molar refractivity (Wildman–Crippen MR) is 109 cm³/mol. The number of methoxy groups -OCH3 is 2. The number of amides is 2. The summed E-state index contributed by atoms with van der Waals surface area (Å²) in [6.45, 7) is 1.68. The largest absolute Gasteiger partial charge is 0.497 e. The molecule has 1 heterocycles. The maximum Gasteiger partial charge on any atom is 0.324 e. The third-order valence-corrected chi connectivity index (χ3v) is 4.01. The standard InChI is InChI=1S/C20H20FN5O3/c1-12-4-5-13(8-15(12)21)24-18-10-19(23-11-22-18)26-20(27)25-16-9-14(28-2)6-7-17(16)29-3/h4-11H,1-3H3,(H3,22,23,24,25,26,27). The highest BCUT2D eigenvalue weighted by atomic mass is 19.1. The number of carbonyl (C=O) groups is 1. The highest BCUT2D eigenvalue weighted by molar-refractivity contribution is 6.00. The van der Waals surface area contributed by atoms with Crippen LogP contribution in [0.1, 0.15) is 5.56 Å². The second-order valence-electron chi connectivity index (χ2n) is 6.02. The van der Waals surface area contributed by atoms with Crippen LogP contribution in [0.4, 0.5) is 32.2 Å². The summed E-state index contributed by atoms with van der Waals surface area (Å²) in [6, 6.07) is 10.8. The molecule has 0 unspecified atom stereocenters. The van der Waals surface area contributed by atoms with E-state index in [0.29, 0.717) is 34.3 Å². The Morgan fingerprint density at radius 1 is 0.966 bits per heavy atom. The Hall–Kier alpha value is -3.88. The van der Waals surface area contributed by atoms with Gasteiger partial charge in [0.05, 0.1) is 19.9 Å². The summed E-state index contributed by atoms with van der Waals surface area (Å²) in [6.07, 6.45) is 1.29. The number of hydrogen-bond acceptors (Lipinski definition) is 6. The fourth-order valence-corrected chi connectivity index (χ4v) is 2.49. The number of aryl methyl sites for hydroxylation is 1. The van der Waals surface area contributed by atoms with Crippen LogP contribution in [0.25, 0.3) is 0 Å². The normalized spacial score (nSPS) is 10.2. The number of ether oxygens (including phenoxy) is 2. The third-order valence-electron chi connectivity index (χ3n) is 4.01. The maximum atomic E-state index is 13.7. The molecule has 0 radical (unpaired) electrons. The smallest absolute Gasteiger partial charge is 0.324 e. The lowest BCUT2D eigenvalue weighted by molar-refractivity contribution is 0.262. The van der Waals surface area contributed by atoms with Crippen LogP contribution in [-0.2, 0) is 0 Å². The summed E-state index contributed by atoms with van der Waals surface area (Å²) in [5.41, 5.74) is 1.51. The van der Waals surface area contributed by atoms with Gasteiger partial charge in [0.15, 0.2) is 0 Å². The fraction of sp³-hybridized carbons (Fsp3) is 0.150. The van der Waals surface area contributed by atoms with Crippen LogP contribution >= 0.6 is 0 Å². The lowest BCUT2D eigenvalue weighted by atomic mass is 10.2. The highest BCUT2D eigenvalue weighted by Gasteiger charge is 2.10. The molecule has 0 aliphatic rings. The van der Waals surface area contributed by atoms with Gasteiger partial charge in [-0.15, -0.1) is 0 Å². The summed E-state index contributed by atoms with van der Waals surface area (Å²) in [4.78, 5) is 20.4. The molecule has 150 valence electrons. The molecule has 0 spiro atoms. The van der Waals surface area contributed by atoms with E-state index in [0.717, 1.165) is 0 Å². The van der Waals surface area contributed by atoms with Crippen LogP contribution in [0.5, 0.6) is 11.5 Å². The van der Waals surface area contributed by atoms with E-state index in [1.165, 1.54) is 32.7 Å². The van der Waals surface area contributed by atoms with Crippen molar-refractivity contribution >= 4 is 29.0 Å². The molecule has 3 rings (SSSR count). The van der Waals surface area contributed by atoms with E-state index in [1.54, 1.807) is 37.3 Å². The molecule has 0 fully saturated rings. The van der Waals surface area contributed by atoms with Crippen molar-refractivity contribution in [2.24, 2.45) is 0 Å². The van der Waals surface area contributed by atoms with Crippen LogP contribution in [0.2, 0.25) is 0 Å². The van der Waals surface area contributed by atoms with E-state index in [-0.39, 0.29) is 11.6 Å². The summed E-state index contributed by atoms with van der Waals surface area (Å²) in [5, 5.41) is 8.27. The fourth-order valence-electron chi connectivity index (χ4n) is 2.49. The van der Waals surface area contributed by atoms with Gasteiger partial charge in [0.1, 0.15) is 35.3 Å². The van der Waals surface area contributed by atoms with E-state index in [4.69, 9.17) is 9.47 Å². The Morgan fingerprint density at radius 3 is 2.48 bits per heavy atom. The third kappa shape index (κ3) is 5.10. The van der Waals surface area contributed by atoms with Crippen molar-refractivity contribution in [1.82, 2.24) is 9.97 Å². The van der Waals surface area contributed by atoms with Crippen LogP contribution in [0.3, 0.4) is 0 Å². The predicted octanol–water partition coefficient (Wildman–Crippen LogP) is 4.33. The van der Waals surface area contributed by atoms with Crippen molar-refractivity contribution in [3.8, 4) is 11.5 Å². The van der Waals surface area contributed by atoms with E-state index in [1.807, 2.05) is 0 Å². The van der Waals surface area contributed by atoms with Gasteiger partial charge in [-0.3, -0.25) is 5.32 Å². The Balaban J connectivity index is 1.70. The molecule has 0 saturated carbocycles. The van der Waals surface area contributed by atoms with Gasteiger partial charge >= 0.3 is 6.03 Å². The van der Waals surface area contributed by atoms with Gasteiger partial charge in [-0.2, -0.15) is 0 Å². The summed E-state index contributed by atoms with van der Waals surface area (Å²) in [7, 11) is 3.03. The zero-order valence-corrected chi connectivity index (χ0v) is 16.1. The number of benzene rings is 2. The van der Waals surface area contributed by atoms with E-state index < -0.39 is 6.03 Å².